The summed E-state index contributed by atoms with van der Waals surface area (Å²) in [5, 5.41) is 18.5. The highest BCUT2D eigenvalue weighted by molar-refractivity contribution is 6.30. The number of halogens is 1. The Balaban J connectivity index is 2.26. The summed E-state index contributed by atoms with van der Waals surface area (Å²) >= 11 is 5.81. The van der Waals surface area contributed by atoms with Crippen molar-refractivity contribution >= 4 is 17.7 Å². The molecule has 0 N–H and O–H groups in total. The van der Waals surface area contributed by atoms with Gasteiger partial charge in [0.1, 0.15) is 17.7 Å². The largest absolute Gasteiger partial charge is 0.192 e. The Morgan fingerprint density at radius 3 is 2.28 bits per heavy atom. The molecule has 1 aromatic carbocycles. The van der Waals surface area contributed by atoms with E-state index < -0.39 is 0 Å². The van der Waals surface area contributed by atoms with Crippen LogP contribution in [-0.2, 0) is 0 Å². The van der Waals surface area contributed by atoms with E-state index in [1.54, 1.807) is 0 Å². The molecule has 1 saturated carbocycles. The van der Waals surface area contributed by atoms with Crippen LogP contribution in [0.2, 0.25) is 5.02 Å². The third kappa shape index (κ3) is 3.00. The molecule has 18 heavy (non-hydrogen) atoms. The van der Waals surface area contributed by atoms with Gasteiger partial charge < -0.3 is 0 Å². The summed E-state index contributed by atoms with van der Waals surface area (Å²) < 4.78 is 0. The van der Waals surface area contributed by atoms with Crippen LogP contribution in [-0.4, -0.2) is 0 Å². The van der Waals surface area contributed by atoms with E-state index in [1.807, 2.05) is 48.6 Å². The molecule has 1 aliphatic carbocycles. The number of benzene rings is 1. The first-order valence-corrected chi connectivity index (χ1v) is 6.10. The Kier molecular flexibility index (Phi) is 3.82. The summed E-state index contributed by atoms with van der Waals surface area (Å²) in [5.74, 6) is 0.378. The summed E-state index contributed by atoms with van der Waals surface area (Å²) in [4.78, 5) is 0. The average Bonchev–Trinajstić information content (AvgIpc) is 3.21. The van der Waals surface area contributed by atoms with Gasteiger partial charge in [-0.25, -0.2) is 0 Å². The zero-order valence-corrected chi connectivity index (χ0v) is 10.5. The van der Waals surface area contributed by atoms with Gasteiger partial charge in [-0.05, 0) is 42.0 Å². The van der Waals surface area contributed by atoms with Crippen molar-refractivity contribution < 1.29 is 0 Å². The van der Waals surface area contributed by atoms with Crippen molar-refractivity contribution in [2.24, 2.45) is 5.92 Å². The maximum absolute atomic E-state index is 8.92. The van der Waals surface area contributed by atoms with Crippen molar-refractivity contribution in [2.45, 2.75) is 12.8 Å². The molecule has 0 radical (unpaired) electrons. The second-order valence-electron chi connectivity index (χ2n) is 4.21. The zero-order valence-electron chi connectivity index (χ0n) is 9.73. The van der Waals surface area contributed by atoms with Crippen LogP contribution in [0.1, 0.15) is 18.4 Å². The van der Waals surface area contributed by atoms with Crippen molar-refractivity contribution in [1.29, 1.82) is 10.5 Å². The number of hydrogen-bond acceptors (Lipinski definition) is 2. The van der Waals surface area contributed by atoms with E-state index in [-0.39, 0.29) is 5.57 Å². The fourth-order valence-electron chi connectivity index (χ4n) is 1.73. The highest BCUT2D eigenvalue weighted by atomic mass is 35.5. The topological polar surface area (TPSA) is 47.6 Å². The van der Waals surface area contributed by atoms with Gasteiger partial charge in [0, 0.05) is 5.02 Å². The monoisotopic (exact) mass is 254 g/mol. The molecule has 0 saturated heterocycles. The number of allylic oxidation sites excluding steroid dienone is 3. The fraction of sp³-hybridized carbons (Fsp3) is 0.200. The third-order valence-electron chi connectivity index (χ3n) is 2.85. The Hall–Kier alpha value is -2.03. The van der Waals surface area contributed by atoms with Crippen LogP contribution in [0.3, 0.4) is 0 Å². The van der Waals surface area contributed by atoms with E-state index >= 15 is 0 Å². The van der Waals surface area contributed by atoms with E-state index in [1.165, 1.54) is 0 Å². The van der Waals surface area contributed by atoms with Gasteiger partial charge in [0.05, 0.1) is 0 Å². The number of nitrogens with zero attached hydrogens (tertiary/aromatic N) is 2. The minimum atomic E-state index is 0.225. The summed E-state index contributed by atoms with van der Waals surface area (Å²) in [7, 11) is 0. The molecule has 0 spiro atoms. The van der Waals surface area contributed by atoms with Crippen LogP contribution >= 0.6 is 11.6 Å². The molecular weight excluding hydrogens is 244 g/mol. The molecule has 1 aromatic rings. The molecule has 0 unspecified atom stereocenters. The average molecular weight is 255 g/mol. The fourth-order valence-corrected chi connectivity index (χ4v) is 1.86. The lowest BCUT2D eigenvalue weighted by Gasteiger charge is -1.99. The van der Waals surface area contributed by atoms with Gasteiger partial charge in [0.25, 0.3) is 0 Å². The van der Waals surface area contributed by atoms with Crippen LogP contribution in [0.15, 0.2) is 41.5 Å². The summed E-state index contributed by atoms with van der Waals surface area (Å²) in [6.07, 6.45) is 5.92. The normalized spacial score (nSPS) is 13.9. The van der Waals surface area contributed by atoms with Crippen LogP contribution in [0.25, 0.3) is 6.08 Å². The van der Waals surface area contributed by atoms with E-state index in [4.69, 9.17) is 22.1 Å². The molecular formula is C15H11ClN2. The molecule has 0 bridgehead atoms. The van der Waals surface area contributed by atoms with Crippen LogP contribution in [0.4, 0.5) is 0 Å². The molecule has 0 amide bonds. The quantitative estimate of drug-likeness (QED) is 0.602. The van der Waals surface area contributed by atoms with Gasteiger partial charge in [-0.2, -0.15) is 10.5 Å². The molecule has 2 rings (SSSR count). The first-order chi connectivity index (χ1) is 8.74. The molecule has 0 atom stereocenters. The lowest BCUT2D eigenvalue weighted by atomic mass is 10.0. The zero-order chi connectivity index (χ0) is 13.0. The Bertz CT molecular complexity index is 562. The predicted molar refractivity (Wildman–Crippen MR) is 71.5 cm³/mol. The summed E-state index contributed by atoms with van der Waals surface area (Å²) in [6.45, 7) is 0. The Morgan fingerprint density at radius 2 is 1.78 bits per heavy atom. The molecule has 0 aliphatic heterocycles. The van der Waals surface area contributed by atoms with Gasteiger partial charge in [0.2, 0.25) is 0 Å². The third-order valence-corrected chi connectivity index (χ3v) is 3.11. The summed E-state index contributed by atoms with van der Waals surface area (Å²) in [5.41, 5.74) is 2.09. The SMILES string of the molecule is N#CC(C#N)=C(/C=C\c1ccc(Cl)cc1)C1CC1. The van der Waals surface area contributed by atoms with E-state index in [0.717, 1.165) is 24.0 Å². The molecule has 0 aromatic heterocycles. The number of rotatable bonds is 3. The van der Waals surface area contributed by atoms with Crippen molar-refractivity contribution in [3.8, 4) is 12.1 Å². The molecule has 3 heteroatoms. The number of hydrogen-bond donors (Lipinski definition) is 0. The van der Waals surface area contributed by atoms with E-state index in [2.05, 4.69) is 0 Å². The van der Waals surface area contributed by atoms with Gasteiger partial charge >= 0.3 is 0 Å². The van der Waals surface area contributed by atoms with Gasteiger partial charge in [-0.1, -0.05) is 35.9 Å². The highest BCUT2D eigenvalue weighted by Gasteiger charge is 2.27. The molecule has 0 heterocycles. The predicted octanol–water partition coefficient (Wildman–Crippen LogP) is 4.11. The maximum Gasteiger partial charge on any atom is 0.133 e. The lowest BCUT2D eigenvalue weighted by molar-refractivity contribution is 1.04. The van der Waals surface area contributed by atoms with Crippen LogP contribution < -0.4 is 0 Å². The van der Waals surface area contributed by atoms with Crippen molar-refractivity contribution in [3.05, 3.63) is 52.1 Å². The lowest BCUT2D eigenvalue weighted by Crippen LogP contribution is -1.87. The Morgan fingerprint density at radius 1 is 1.17 bits per heavy atom. The van der Waals surface area contributed by atoms with Crippen molar-refractivity contribution in [3.63, 3.8) is 0 Å². The summed E-state index contributed by atoms with van der Waals surface area (Å²) in [6, 6.07) is 11.4. The van der Waals surface area contributed by atoms with E-state index in [0.29, 0.717) is 10.9 Å². The number of nitriles is 2. The van der Waals surface area contributed by atoms with Crippen molar-refractivity contribution in [2.75, 3.05) is 0 Å². The molecule has 1 fully saturated rings. The highest BCUT2D eigenvalue weighted by Crippen LogP contribution is 2.38. The van der Waals surface area contributed by atoms with Crippen LogP contribution in [0.5, 0.6) is 0 Å². The van der Waals surface area contributed by atoms with Crippen molar-refractivity contribution in [1.82, 2.24) is 0 Å². The molecule has 2 nitrogen and oxygen atoms in total. The van der Waals surface area contributed by atoms with Gasteiger partial charge in [-0.3, -0.25) is 0 Å². The van der Waals surface area contributed by atoms with E-state index in [9.17, 15) is 0 Å². The second-order valence-corrected chi connectivity index (χ2v) is 4.65. The minimum Gasteiger partial charge on any atom is -0.192 e. The van der Waals surface area contributed by atoms with Gasteiger partial charge in [0.15, 0.2) is 0 Å². The minimum absolute atomic E-state index is 0.225. The Labute approximate surface area is 111 Å². The second kappa shape index (κ2) is 5.54. The van der Waals surface area contributed by atoms with Gasteiger partial charge in [-0.15, -0.1) is 0 Å². The molecule has 1 aliphatic rings. The maximum atomic E-state index is 8.92. The first-order valence-electron chi connectivity index (χ1n) is 5.72. The van der Waals surface area contributed by atoms with Crippen LogP contribution in [0, 0.1) is 28.6 Å². The molecule has 88 valence electrons. The first kappa shape index (κ1) is 12.4. The smallest absolute Gasteiger partial charge is 0.133 e. The standard InChI is InChI=1S/C15H11ClN2/c16-14-6-1-11(2-7-14)3-8-15(12-4-5-12)13(9-17)10-18/h1-3,6-8,12H,4-5H2/b8-3-.